The minimum Gasteiger partial charge on any atom is -0.329 e. The number of ketones is 1. The molecule has 1 aromatic rings. The van der Waals surface area contributed by atoms with E-state index in [1.807, 2.05) is 24.3 Å². The topological polar surface area (TPSA) is 43.1 Å². The monoisotopic (exact) mass is 217 g/mol. The van der Waals surface area contributed by atoms with E-state index < -0.39 is 0 Å². The van der Waals surface area contributed by atoms with Crippen molar-refractivity contribution < 1.29 is 4.79 Å². The van der Waals surface area contributed by atoms with Gasteiger partial charge in [-0.15, -0.1) is 0 Å². The highest BCUT2D eigenvalue weighted by Gasteiger charge is 2.48. The number of rotatable bonds is 4. The molecule has 0 saturated heterocycles. The fourth-order valence-corrected chi connectivity index (χ4v) is 2.00. The van der Waals surface area contributed by atoms with Gasteiger partial charge in [0.05, 0.1) is 0 Å². The number of hydrogen-bond donors (Lipinski definition) is 1. The molecule has 86 valence electrons. The minimum absolute atomic E-state index is 0.223. The predicted octanol–water partition coefficient (Wildman–Crippen LogP) is 2.73. The summed E-state index contributed by atoms with van der Waals surface area (Å²) in [6, 6.07) is 7.97. The van der Waals surface area contributed by atoms with Crippen molar-refractivity contribution in [3.8, 4) is 0 Å². The van der Waals surface area contributed by atoms with Crippen LogP contribution in [0.4, 0.5) is 0 Å². The molecule has 1 aliphatic carbocycles. The van der Waals surface area contributed by atoms with E-state index in [2.05, 4.69) is 13.8 Å². The van der Waals surface area contributed by atoms with Gasteiger partial charge in [0.2, 0.25) is 0 Å². The Morgan fingerprint density at radius 1 is 1.31 bits per heavy atom. The zero-order valence-electron chi connectivity index (χ0n) is 9.99. The van der Waals surface area contributed by atoms with Crippen molar-refractivity contribution in [2.75, 3.05) is 6.54 Å². The van der Waals surface area contributed by atoms with Gasteiger partial charge in [0.25, 0.3) is 0 Å². The molecule has 0 radical (unpaired) electrons. The van der Waals surface area contributed by atoms with Crippen LogP contribution in [0.2, 0.25) is 0 Å². The molecule has 0 aromatic heterocycles. The Morgan fingerprint density at radius 3 is 2.25 bits per heavy atom. The Morgan fingerprint density at radius 2 is 1.88 bits per heavy atom. The number of hydrogen-bond acceptors (Lipinski definition) is 2. The number of benzene rings is 1. The van der Waals surface area contributed by atoms with Crippen molar-refractivity contribution in [1.82, 2.24) is 0 Å². The lowest BCUT2D eigenvalue weighted by Gasteiger charge is -2.12. The minimum atomic E-state index is -0.223. The highest BCUT2D eigenvalue weighted by atomic mass is 16.1. The van der Waals surface area contributed by atoms with Gasteiger partial charge in [-0.2, -0.15) is 0 Å². The van der Waals surface area contributed by atoms with Crippen LogP contribution < -0.4 is 5.73 Å². The summed E-state index contributed by atoms with van der Waals surface area (Å²) in [5.74, 6) is 0.735. The smallest absolute Gasteiger partial charge is 0.170 e. The SMILES string of the molecule is CC(C)c1ccc(C(=O)C2(CN)CC2)cc1. The number of carbonyl (C=O) groups is 1. The van der Waals surface area contributed by atoms with Crippen LogP contribution in [0, 0.1) is 5.41 Å². The van der Waals surface area contributed by atoms with Crippen LogP contribution in [-0.2, 0) is 0 Å². The molecule has 0 unspecified atom stereocenters. The molecule has 1 aliphatic rings. The number of carbonyl (C=O) groups excluding carboxylic acids is 1. The van der Waals surface area contributed by atoms with Gasteiger partial charge < -0.3 is 5.73 Å². The predicted molar refractivity (Wildman–Crippen MR) is 65.6 cm³/mol. The second kappa shape index (κ2) is 4.02. The molecule has 2 heteroatoms. The molecule has 0 spiro atoms. The quantitative estimate of drug-likeness (QED) is 0.788. The third-order valence-electron chi connectivity index (χ3n) is 3.57. The molecule has 2 rings (SSSR count). The van der Waals surface area contributed by atoms with Crippen LogP contribution in [0.15, 0.2) is 24.3 Å². The van der Waals surface area contributed by atoms with Crippen LogP contribution >= 0.6 is 0 Å². The second-order valence-electron chi connectivity index (χ2n) is 5.09. The molecule has 2 nitrogen and oxygen atoms in total. The zero-order chi connectivity index (χ0) is 11.8. The Labute approximate surface area is 96.8 Å². The molecule has 0 aliphatic heterocycles. The summed E-state index contributed by atoms with van der Waals surface area (Å²) in [6.45, 7) is 4.79. The van der Waals surface area contributed by atoms with E-state index in [-0.39, 0.29) is 11.2 Å². The zero-order valence-corrected chi connectivity index (χ0v) is 9.99. The summed E-state index contributed by atoms with van der Waals surface area (Å²) < 4.78 is 0. The highest BCUT2D eigenvalue weighted by Crippen LogP contribution is 2.47. The van der Waals surface area contributed by atoms with Gasteiger partial charge in [-0.1, -0.05) is 38.1 Å². The lowest BCUT2D eigenvalue weighted by Crippen LogP contribution is -2.25. The number of nitrogens with two attached hydrogens (primary N) is 1. The summed E-state index contributed by atoms with van der Waals surface area (Å²) in [5, 5.41) is 0. The lowest BCUT2D eigenvalue weighted by atomic mass is 9.93. The maximum atomic E-state index is 12.2. The van der Waals surface area contributed by atoms with Crippen LogP contribution in [0.5, 0.6) is 0 Å². The van der Waals surface area contributed by atoms with Gasteiger partial charge in [-0.25, -0.2) is 0 Å². The van der Waals surface area contributed by atoms with Crippen LogP contribution in [0.25, 0.3) is 0 Å². The van der Waals surface area contributed by atoms with E-state index in [1.165, 1.54) is 5.56 Å². The molecule has 0 atom stereocenters. The molecule has 16 heavy (non-hydrogen) atoms. The third kappa shape index (κ3) is 1.90. The average molecular weight is 217 g/mol. The van der Waals surface area contributed by atoms with E-state index in [4.69, 9.17) is 5.73 Å². The second-order valence-corrected chi connectivity index (χ2v) is 5.09. The molecule has 2 N–H and O–H groups in total. The molecule has 1 fully saturated rings. The fraction of sp³-hybridized carbons (Fsp3) is 0.500. The summed E-state index contributed by atoms with van der Waals surface area (Å²) in [7, 11) is 0. The van der Waals surface area contributed by atoms with Gasteiger partial charge in [0.1, 0.15) is 0 Å². The van der Waals surface area contributed by atoms with Crippen LogP contribution in [-0.4, -0.2) is 12.3 Å². The summed E-state index contributed by atoms with van der Waals surface area (Å²) in [6.07, 6.45) is 1.91. The summed E-state index contributed by atoms with van der Waals surface area (Å²) >= 11 is 0. The van der Waals surface area contributed by atoms with Gasteiger partial charge in [0, 0.05) is 17.5 Å². The molecular weight excluding hydrogens is 198 g/mol. The number of Topliss-reactive ketones (excluding diaryl/α,β-unsaturated/α-hetero) is 1. The van der Waals surface area contributed by atoms with Crippen molar-refractivity contribution in [3.05, 3.63) is 35.4 Å². The molecule has 0 bridgehead atoms. The van der Waals surface area contributed by atoms with E-state index >= 15 is 0 Å². The van der Waals surface area contributed by atoms with Gasteiger partial charge in [-0.05, 0) is 24.3 Å². The van der Waals surface area contributed by atoms with E-state index in [0.29, 0.717) is 12.5 Å². The standard InChI is InChI=1S/C14H19NO/c1-10(2)11-3-5-12(6-4-11)13(16)14(9-15)7-8-14/h3-6,10H,7-9,15H2,1-2H3. The molecule has 1 aromatic carbocycles. The van der Waals surface area contributed by atoms with Gasteiger partial charge >= 0.3 is 0 Å². The first-order valence-electron chi connectivity index (χ1n) is 5.94. The Hall–Kier alpha value is -1.15. The van der Waals surface area contributed by atoms with Crippen LogP contribution in [0.1, 0.15) is 48.5 Å². The molecule has 0 heterocycles. The van der Waals surface area contributed by atoms with Crippen molar-refractivity contribution >= 4 is 5.78 Å². The maximum absolute atomic E-state index is 12.2. The fourth-order valence-electron chi connectivity index (χ4n) is 2.00. The average Bonchev–Trinajstić information content (AvgIpc) is 3.09. The highest BCUT2D eigenvalue weighted by molar-refractivity contribution is 6.02. The maximum Gasteiger partial charge on any atom is 0.170 e. The first kappa shape index (κ1) is 11.3. The Balaban J connectivity index is 2.19. The van der Waals surface area contributed by atoms with E-state index in [0.717, 1.165) is 18.4 Å². The lowest BCUT2D eigenvalue weighted by molar-refractivity contribution is 0.0905. The summed E-state index contributed by atoms with van der Waals surface area (Å²) in [4.78, 5) is 12.2. The van der Waals surface area contributed by atoms with E-state index in [9.17, 15) is 4.79 Å². The van der Waals surface area contributed by atoms with Crippen LogP contribution in [0.3, 0.4) is 0 Å². The molecule has 1 saturated carbocycles. The van der Waals surface area contributed by atoms with Crippen molar-refractivity contribution in [2.24, 2.45) is 11.1 Å². The van der Waals surface area contributed by atoms with Gasteiger partial charge in [-0.3, -0.25) is 4.79 Å². The first-order valence-corrected chi connectivity index (χ1v) is 5.94. The largest absolute Gasteiger partial charge is 0.329 e. The van der Waals surface area contributed by atoms with Crippen molar-refractivity contribution in [2.45, 2.75) is 32.6 Å². The molecular formula is C14H19NO. The summed E-state index contributed by atoms with van der Waals surface area (Å²) in [5.41, 5.74) is 7.53. The van der Waals surface area contributed by atoms with Crippen molar-refractivity contribution in [1.29, 1.82) is 0 Å². The Kier molecular flexibility index (Phi) is 2.85. The van der Waals surface area contributed by atoms with Crippen molar-refractivity contribution in [3.63, 3.8) is 0 Å². The first-order chi connectivity index (χ1) is 7.59. The normalized spacial score (nSPS) is 17.5. The third-order valence-corrected chi connectivity index (χ3v) is 3.57. The Bertz CT molecular complexity index is 388. The van der Waals surface area contributed by atoms with E-state index in [1.54, 1.807) is 0 Å². The van der Waals surface area contributed by atoms with Gasteiger partial charge in [0.15, 0.2) is 5.78 Å². The molecule has 0 amide bonds.